The van der Waals surface area contributed by atoms with Crippen molar-refractivity contribution in [2.75, 3.05) is 35.7 Å². The van der Waals surface area contributed by atoms with Gasteiger partial charge in [0.2, 0.25) is 11.8 Å². The van der Waals surface area contributed by atoms with Crippen LogP contribution in [0.4, 0.5) is 17.1 Å². The van der Waals surface area contributed by atoms with Crippen molar-refractivity contribution < 1.29 is 14.3 Å². The van der Waals surface area contributed by atoms with Crippen LogP contribution in [-0.2, 0) is 9.59 Å². The molecule has 0 heterocycles. The zero-order chi connectivity index (χ0) is 21.0. The van der Waals surface area contributed by atoms with Crippen molar-refractivity contribution in [2.24, 2.45) is 5.41 Å². The van der Waals surface area contributed by atoms with Gasteiger partial charge in [0.05, 0.1) is 12.8 Å². The molecule has 29 heavy (non-hydrogen) atoms. The van der Waals surface area contributed by atoms with Gasteiger partial charge < -0.3 is 20.3 Å². The van der Waals surface area contributed by atoms with Gasteiger partial charge in [-0.25, -0.2) is 0 Å². The first-order valence-electron chi connectivity index (χ1n) is 10.1. The van der Waals surface area contributed by atoms with Crippen LogP contribution in [0.5, 0.6) is 5.75 Å². The van der Waals surface area contributed by atoms with Gasteiger partial charge in [-0.2, -0.15) is 0 Å². The molecule has 0 bridgehead atoms. The summed E-state index contributed by atoms with van der Waals surface area (Å²) >= 11 is 0. The molecule has 6 nitrogen and oxygen atoms in total. The SMILES string of the molecule is CCN(CC)c1ccc(NC(=O)C2(C(=O)Nc3cc(C)ccc3OC)CC2)cc1. The average molecular weight is 396 g/mol. The van der Waals surface area contributed by atoms with Crippen molar-refractivity contribution in [3.05, 3.63) is 48.0 Å². The van der Waals surface area contributed by atoms with E-state index in [2.05, 4.69) is 29.4 Å². The fourth-order valence-corrected chi connectivity index (χ4v) is 3.44. The Labute approximate surface area is 172 Å². The van der Waals surface area contributed by atoms with Crippen LogP contribution in [0.1, 0.15) is 32.3 Å². The summed E-state index contributed by atoms with van der Waals surface area (Å²) < 4.78 is 5.32. The van der Waals surface area contributed by atoms with Gasteiger partial charge in [0, 0.05) is 24.5 Å². The van der Waals surface area contributed by atoms with Crippen molar-refractivity contribution in [2.45, 2.75) is 33.6 Å². The monoisotopic (exact) mass is 395 g/mol. The van der Waals surface area contributed by atoms with Gasteiger partial charge in [0.15, 0.2) is 0 Å². The number of hydrogen-bond acceptors (Lipinski definition) is 4. The van der Waals surface area contributed by atoms with E-state index in [1.165, 1.54) is 0 Å². The summed E-state index contributed by atoms with van der Waals surface area (Å²) in [7, 11) is 1.56. The predicted molar refractivity (Wildman–Crippen MR) is 117 cm³/mol. The molecule has 1 fully saturated rings. The van der Waals surface area contributed by atoms with Crippen LogP contribution in [0.2, 0.25) is 0 Å². The highest BCUT2D eigenvalue weighted by Crippen LogP contribution is 2.48. The molecule has 0 aromatic heterocycles. The number of hydrogen-bond donors (Lipinski definition) is 2. The highest BCUT2D eigenvalue weighted by molar-refractivity contribution is 6.17. The minimum Gasteiger partial charge on any atom is -0.495 e. The van der Waals surface area contributed by atoms with Crippen molar-refractivity contribution in [1.82, 2.24) is 0 Å². The fraction of sp³-hybridized carbons (Fsp3) is 0.391. The second-order valence-corrected chi connectivity index (χ2v) is 7.41. The average Bonchev–Trinajstić information content (AvgIpc) is 3.52. The number of amides is 2. The Balaban J connectivity index is 1.69. The summed E-state index contributed by atoms with van der Waals surface area (Å²) in [6, 6.07) is 13.3. The molecule has 154 valence electrons. The van der Waals surface area contributed by atoms with E-state index in [4.69, 9.17) is 4.74 Å². The Bertz CT molecular complexity index is 885. The molecule has 0 radical (unpaired) electrons. The number of ether oxygens (including phenoxy) is 1. The first-order valence-corrected chi connectivity index (χ1v) is 10.1. The summed E-state index contributed by atoms with van der Waals surface area (Å²) in [6.45, 7) is 8.01. The Morgan fingerprint density at radius 2 is 1.62 bits per heavy atom. The highest BCUT2D eigenvalue weighted by Gasteiger charge is 2.56. The van der Waals surface area contributed by atoms with E-state index in [0.29, 0.717) is 30.0 Å². The first-order chi connectivity index (χ1) is 13.9. The van der Waals surface area contributed by atoms with E-state index in [0.717, 1.165) is 24.3 Å². The summed E-state index contributed by atoms with van der Waals surface area (Å²) in [5.74, 6) is 0.0167. The third-order valence-electron chi connectivity index (χ3n) is 5.48. The van der Waals surface area contributed by atoms with Crippen LogP contribution >= 0.6 is 0 Å². The molecule has 2 aromatic carbocycles. The molecule has 6 heteroatoms. The maximum atomic E-state index is 12.9. The van der Waals surface area contributed by atoms with E-state index >= 15 is 0 Å². The van der Waals surface area contributed by atoms with Gasteiger partial charge in [-0.1, -0.05) is 6.07 Å². The minimum absolute atomic E-state index is 0.266. The molecule has 1 saturated carbocycles. The van der Waals surface area contributed by atoms with Crippen LogP contribution in [0.25, 0.3) is 0 Å². The molecule has 1 aliphatic carbocycles. The Hall–Kier alpha value is -3.02. The van der Waals surface area contributed by atoms with Crippen molar-refractivity contribution >= 4 is 28.9 Å². The van der Waals surface area contributed by atoms with Crippen molar-refractivity contribution in [1.29, 1.82) is 0 Å². The number of aryl methyl sites for hydroxylation is 1. The summed E-state index contributed by atoms with van der Waals surface area (Å²) in [4.78, 5) is 28.0. The van der Waals surface area contributed by atoms with Crippen LogP contribution in [0, 0.1) is 12.3 Å². The van der Waals surface area contributed by atoms with Crippen LogP contribution in [-0.4, -0.2) is 32.0 Å². The molecular formula is C23H29N3O3. The number of benzene rings is 2. The molecule has 0 atom stereocenters. The van der Waals surface area contributed by atoms with Crippen LogP contribution < -0.4 is 20.3 Å². The standard InChI is InChI=1S/C23H29N3O3/c1-5-26(6-2)18-10-8-17(9-11-18)24-21(27)23(13-14-23)22(28)25-19-15-16(3)7-12-20(19)29-4/h7-12,15H,5-6,13-14H2,1-4H3,(H,24,27)(H,25,28). The molecule has 3 rings (SSSR count). The number of nitrogens with one attached hydrogen (secondary N) is 2. The summed E-state index contributed by atoms with van der Waals surface area (Å²) in [5, 5.41) is 5.78. The number of nitrogens with zero attached hydrogens (tertiary/aromatic N) is 1. The van der Waals surface area contributed by atoms with Gasteiger partial charge in [-0.05, 0) is 75.6 Å². The van der Waals surface area contributed by atoms with E-state index in [9.17, 15) is 9.59 Å². The number of rotatable bonds is 8. The largest absolute Gasteiger partial charge is 0.495 e. The lowest BCUT2D eigenvalue weighted by atomic mass is 10.0. The second-order valence-electron chi connectivity index (χ2n) is 7.41. The lowest BCUT2D eigenvalue weighted by molar-refractivity contribution is -0.131. The lowest BCUT2D eigenvalue weighted by Gasteiger charge is -2.21. The maximum absolute atomic E-state index is 12.9. The van der Waals surface area contributed by atoms with Crippen molar-refractivity contribution in [3.63, 3.8) is 0 Å². The topological polar surface area (TPSA) is 70.7 Å². The van der Waals surface area contributed by atoms with Gasteiger partial charge in [0.1, 0.15) is 11.2 Å². The molecule has 0 saturated heterocycles. The minimum atomic E-state index is -1.02. The summed E-state index contributed by atoms with van der Waals surface area (Å²) in [5.41, 5.74) is 2.37. The fourth-order valence-electron chi connectivity index (χ4n) is 3.44. The first kappa shape index (κ1) is 20.7. The summed E-state index contributed by atoms with van der Waals surface area (Å²) in [6.07, 6.45) is 1.08. The molecule has 2 N–H and O–H groups in total. The molecule has 0 spiro atoms. The van der Waals surface area contributed by atoms with Gasteiger partial charge >= 0.3 is 0 Å². The third kappa shape index (κ3) is 4.36. The number of carbonyl (C=O) groups is 2. The molecule has 2 aromatic rings. The maximum Gasteiger partial charge on any atom is 0.240 e. The van der Waals surface area contributed by atoms with Gasteiger partial charge in [-0.15, -0.1) is 0 Å². The molecule has 2 amide bonds. The molecular weight excluding hydrogens is 366 g/mol. The van der Waals surface area contributed by atoms with E-state index < -0.39 is 5.41 Å². The highest BCUT2D eigenvalue weighted by atomic mass is 16.5. The normalized spacial score (nSPS) is 14.1. The van der Waals surface area contributed by atoms with E-state index in [-0.39, 0.29) is 11.8 Å². The number of carbonyl (C=O) groups excluding carboxylic acids is 2. The van der Waals surface area contributed by atoms with Crippen LogP contribution in [0.15, 0.2) is 42.5 Å². The molecule has 1 aliphatic rings. The Kier molecular flexibility index (Phi) is 6.11. The quantitative estimate of drug-likeness (QED) is 0.657. The third-order valence-corrected chi connectivity index (χ3v) is 5.48. The lowest BCUT2D eigenvalue weighted by Crippen LogP contribution is -2.35. The number of methoxy groups -OCH3 is 1. The predicted octanol–water partition coefficient (Wildman–Crippen LogP) is 4.21. The van der Waals surface area contributed by atoms with Crippen molar-refractivity contribution in [3.8, 4) is 5.75 Å². The Morgan fingerprint density at radius 1 is 1.00 bits per heavy atom. The number of anilines is 3. The van der Waals surface area contributed by atoms with Gasteiger partial charge in [0.25, 0.3) is 0 Å². The van der Waals surface area contributed by atoms with E-state index in [1.54, 1.807) is 7.11 Å². The van der Waals surface area contributed by atoms with Crippen LogP contribution in [0.3, 0.4) is 0 Å². The Morgan fingerprint density at radius 3 is 2.17 bits per heavy atom. The zero-order valence-corrected chi connectivity index (χ0v) is 17.5. The molecule has 0 unspecified atom stereocenters. The van der Waals surface area contributed by atoms with E-state index in [1.807, 2.05) is 49.4 Å². The molecule has 0 aliphatic heterocycles. The smallest absolute Gasteiger partial charge is 0.240 e. The van der Waals surface area contributed by atoms with Gasteiger partial charge in [-0.3, -0.25) is 9.59 Å². The second kappa shape index (κ2) is 8.55. The zero-order valence-electron chi connectivity index (χ0n) is 17.5.